The fourth-order valence-corrected chi connectivity index (χ4v) is 21.7. The zero-order valence-corrected chi connectivity index (χ0v) is 63.5. The molecule has 2 atom stereocenters. The van der Waals surface area contributed by atoms with Gasteiger partial charge in [0.1, 0.15) is 66.0 Å². The van der Waals surface area contributed by atoms with Crippen LogP contribution in [0.1, 0.15) is 208 Å². The highest BCUT2D eigenvalue weighted by atomic mass is 32.2. The fraction of sp³-hybridized carbons (Fsp3) is 0.711. The monoisotopic (exact) mass is 1450 g/mol. The van der Waals surface area contributed by atoms with Crippen molar-refractivity contribution in [2.45, 2.75) is 239 Å². The van der Waals surface area contributed by atoms with Crippen LogP contribution in [0.25, 0.3) is 10.8 Å². The van der Waals surface area contributed by atoms with Crippen molar-refractivity contribution in [3.63, 3.8) is 0 Å². The van der Waals surface area contributed by atoms with Crippen LogP contribution in [0.15, 0.2) is 58.3 Å². The van der Waals surface area contributed by atoms with Crippen molar-refractivity contribution in [1.82, 2.24) is 0 Å². The van der Waals surface area contributed by atoms with Crippen LogP contribution in [0.5, 0.6) is 11.5 Å². The van der Waals surface area contributed by atoms with Gasteiger partial charge in [-0.05, 0) is 253 Å². The molecule has 0 radical (unpaired) electrons. The molecule has 0 spiro atoms. The number of hydrogen-bond donors (Lipinski definition) is 0. The summed E-state index contributed by atoms with van der Waals surface area (Å²) in [5.74, 6) is 8.42. The number of carbonyl (C=O) groups is 6. The van der Waals surface area contributed by atoms with Gasteiger partial charge in [-0.3, -0.25) is 24.0 Å². The minimum Gasteiger partial charge on any atom is -0.748 e. The summed E-state index contributed by atoms with van der Waals surface area (Å²) >= 11 is 0. The van der Waals surface area contributed by atoms with Gasteiger partial charge < -0.3 is 42.3 Å². The zero-order chi connectivity index (χ0) is 72.0. The van der Waals surface area contributed by atoms with Gasteiger partial charge >= 0.3 is 35.8 Å². The molecule has 8 aliphatic carbocycles. The third kappa shape index (κ3) is 22.8. The minimum absolute atomic E-state index is 0.0118. The van der Waals surface area contributed by atoms with E-state index in [0.717, 1.165) is 76.9 Å². The van der Waals surface area contributed by atoms with Crippen LogP contribution in [0.3, 0.4) is 0 Å². The van der Waals surface area contributed by atoms with Gasteiger partial charge in [0.15, 0.2) is 16.4 Å². The molecule has 8 saturated carbocycles. The first-order valence-corrected chi connectivity index (χ1v) is 42.7. The van der Waals surface area contributed by atoms with Gasteiger partial charge in [0.2, 0.25) is 0 Å². The van der Waals surface area contributed by atoms with E-state index in [0.29, 0.717) is 59.3 Å². The second kappa shape index (κ2) is 35.5. The Hall–Kier alpha value is -4.94. The molecule has 2 saturated heterocycles. The molecule has 3 aromatic carbocycles. The van der Waals surface area contributed by atoms with Crippen LogP contribution in [-0.4, -0.2) is 134 Å². The highest BCUT2D eigenvalue weighted by molar-refractivity contribution is 7.97. The highest BCUT2D eigenvalue weighted by Crippen LogP contribution is 2.61. The Morgan fingerprint density at radius 3 is 1.44 bits per heavy atom. The predicted molar refractivity (Wildman–Crippen MR) is 381 cm³/mol. The molecular formula is C76H110O19S4. The van der Waals surface area contributed by atoms with Crippen molar-refractivity contribution < 1.29 is 87.9 Å². The Morgan fingerprint density at radius 1 is 0.566 bits per heavy atom. The summed E-state index contributed by atoms with van der Waals surface area (Å²) < 4.78 is 100. The molecule has 3 aromatic rings. The lowest BCUT2D eigenvalue weighted by atomic mass is 9.49. The maximum absolute atomic E-state index is 13.3. The van der Waals surface area contributed by atoms with Gasteiger partial charge in [-0.1, -0.05) is 45.9 Å². The summed E-state index contributed by atoms with van der Waals surface area (Å²) in [5.41, 5.74) is 0.876. The van der Waals surface area contributed by atoms with Gasteiger partial charge in [0.05, 0.1) is 60.8 Å². The predicted octanol–water partition coefficient (Wildman–Crippen LogP) is 13.4. The molecule has 0 amide bonds. The van der Waals surface area contributed by atoms with Crippen molar-refractivity contribution in [2.75, 3.05) is 54.3 Å². The number of ether oxygens (including phenoxy) is 7. The van der Waals surface area contributed by atoms with Crippen LogP contribution in [0, 0.1) is 71.5 Å². The van der Waals surface area contributed by atoms with E-state index in [1.807, 2.05) is 13.8 Å². The lowest BCUT2D eigenvalue weighted by Gasteiger charge is -2.55. The molecule has 19 nitrogen and oxygen atoms in total. The molecule has 10 fully saturated rings. The van der Waals surface area contributed by atoms with E-state index >= 15 is 0 Å². The van der Waals surface area contributed by atoms with Gasteiger partial charge in [0.25, 0.3) is 0 Å². The molecule has 0 N–H and O–H groups in total. The van der Waals surface area contributed by atoms with Gasteiger partial charge in [-0.25, -0.2) is 21.6 Å². The largest absolute Gasteiger partial charge is 0.748 e. The Kier molecular flexibility index (Phi) is 28.6. The molecule has 552 valence electrons. The first kappa shape index (κ1) is 79.8. The molecule has 2 aliphatic heterocycles. The molecular weight excluding hydrogens is 1350 g/mol. The van der Waals surface area contributed by atoms with E-state index in [2.05, 4.69) is 71.9 Å². The maximum Gasteiger partial charge on any atom is 0.344 e. The first-order chi connectivity index (χ1) is 46.8. The van der Waals surface area contributed by atoms with Crippen molar-refractivity contribution >= 4 is 88.6 Å². The Balaban J connectivity index is 0.000000171. The van der Waals surface area contributed by atoms with Crippen molar-refractivity contribution in [3.05, 3.63) is 59.7 Å². The average molecular weight is 1460 g/mol. The second-order valence-electron chi connectivity index (χ2n) is 30.5. The summed E-state index contributed by atoms with van der Waals surface area (Å²) in [6.07, 6.45) is 21.2. The molecule has 10 aliphatic rings. The Bertz CT molecular complexity index is 3320. The number of fused-ring (bicyclic) bond motifs is 1. The third-order valence-corrected chi connectivity index (χ3v) is 28.3. The second-order valence-corrected chi connectivity index (χ2v) is 38.1. The van der Waals surface area contributed by atoms with Gasteiger partial charge in [-0.15, -0.1) is 0 Å². The Morgan fingerprint density at radius 2 is 1.00 bits per heavy atom. The van der Waals surface area contributed by atoms with Crippen molar-refractivity contribution in [3.8, 4) is 11.5 Å². The normalized spacial score (nSPS) is 25.3. The van der Waals surface area contributed by atoms with Crippen LogP contribution in [0.2, 0.25) is 0 Å². The Labute approximate surface area is 594 Å². The molecule has 99 heavy (non-hydrogen) atoms. The molecule has 8 bridgehead atoms. The van der Waals surface area contributed by atoms with E-state index in [-0.39, 0.29) is 42.9 Å². The van der Waals surface area contributed by atoms with Crippen LogP contribution >= 0.6 is 0 Å². The third-order valence-electron chi connectivity index (χ3n) is 22.0. The quantitative estimate of drug-likeness (QED) is 0.0237. The average Bonchev–Trinajstić information content (AvgIpc) is 0.968. The summed E-state index contributed by atoms with van der Waals surface area (Å²) in [5, 5.41) is 2.41. The highest BCUT2D eigenvalue weighted by Gasteiger charge is 2.56. The van der Waals surface area contributed by atoms with E-state index in [9.17, 15) is 54.7 Å². The number of carbonyl (C=O) groups excluding carboxylic acids is 6. The number of esters is 6. The van der Waals surface area contributed by atoms with E-state index in [1.165, 1.54) is 122 Å². The summed E-state index contributed by atoms with van der Waals surface area (Å²) in [4.78, 5) is 75.7. The van der Waals surface area contributed by atoms with Gasteiger partial charge in [-0.2, -0.15) is 0 Å². The molecule has 2 unspecified atom stereocenters. The summed E-state index contributed by atoms with van der Waals surface area (Å²) in [7, 11) is -8.06. The van der Waals surface area contributed by atoms with Gasteiger partial charge in [0, 0.05) is 32.6 Å². The van der Waals surface area contributed by atoms with E-state index in [4.69, 9.17) is 23.7 Å². The van der Waals surface area contributed by atoms with E-state index < -0.39 is 91.9 Å². The molecule has 2 heterocycles. The molecule has 13 rings (SSSR count). The number of hydrogen-bond acceptors (Lipinski definition) is 19. The summed E-state index contributed by atoms with van der Waals surface area (Å²) in [6, 6.07) is 17.4. The first-order valence-electron chi connectivity index (χ1n) is 36.4. The lowest BCUT2D eigenvalue weighted by Crippen LogP contribution is -2.51. The van der Waals surface area contributed by atoms with Crippen LogP contribution < -0.4 is 9.47 Å². The standard InChI is InChI=1S/C26H31O3S.C24H33O2S.2C13H24O7S/c27-25(29-26-19-12-17-11-18(14-19)15-20(26)13-17)16-28-23-7-8-24(30-9-3-4-10-30)22-6-2-1-5-21(22)23;1-16-8-21(27-6-4-3-5-7-27)9-17(2)22(16)26-23(25)24-13-18-10-19(14-24)12-20(11-18)15-24;2*1-5-10(20-12(15)13(3,4)6-2)9-11(14)19-7-8-21(16,17)18/h1-2,5-8,17-20,26H,3-4,9-16H2;8-9,18-20H,3-7,10-15H2,1-2H3;2*10H,5-9H2,1-4H3,(H,16,17,18)/q2*+1;;/p-2. The summed E-state index contributed by atoms with van der Waals surface area (Å²) in [6.45, 7) is 17.5. The minimum atomic E-state index is -4.41. The number of aryl methyl sites for hydroxylation is 2. The van der Waals surface area contributed by atoms with E-state index in [1.54, 1.807) is 41.5 Å². The SMILES string of the molecule is CCC(CC(=O)OCCS(=O)(=O)[O-])OC(=O)C(C)(C)CC.CCC(CC(=O)OCCS(=O)(=O)[O-])OC(=O)C(C)(C)CC.Cc1cc([S+]2CCCCC2)cc(C)c1OC(=O)C12CC3CC(CC(C3)C1)C2.O=C(COc1ccc([S+]2CCCC2)c2ccccc12)OC1C2CC3CC(C2)CC1C3. The van der Waals surface area contributed by atoms with Crippen LogP contribution in [-0.2, 0) is 94.5 Å². The molecule has 23 heteroatoms. The van der Waals surface area contributed by atoms with Crippen LogP contribution in [0.4, 0.5) is 0 Å². The molecule has 0 aromatic heterocycles. The topological polar surface area (TPSA) is 281 Å². The number of benzene rings is 3. The van der Waals surface area contributed by atoms with Crippen molar-refractivity contribution in [2.24, 2.45) is 57.7 Å². The number of rotatable bonds is 26. The maximum atomic E-state index is 13.3. The van der Waals surface area contributed by atoms with Crippen molar-refractivity contribution in [1.29, 1.82) is 0 Å². The smallest absolute Gasteiger partial charge is 0.344 e. The zero-order valence-electron chi connectivity index (χ0n) is 60.2. The fourth-order valence-electron chi connectivity index (χ4n) is 16.2. The lowest BCUT2D eigenvalue weighted by molar-refractivity contribution is -0.172.